The molecule has 6 heteroatoms. The van der Waals surface area contributed by atoms with Gasteiger partial charge in [-0.2, -0.15) is 5.26 Å². The summed E-state index contributed by atoms with van der Waals surface area (Å²) in [7, 11) is 0. The zero-order valence-corrected chi connectivity index (χ0v) is 17.2. The number of aromatic amines is 1. The molecule has 6 nitrogen and oxygen atoms in total. The summed E-state index contributed by atoms with van der Waals surface area (Å²) in [5.41, 5.74) is 5.01. The van der Waals surface area contributed by atoms with E-state index in [0.717, 1.165) is 22.2 Å². The van der Waals surface area contributed by atoms with Crippen LogP contribution >= 0.6 is 0 Å². The first-order valence-electron chi connectivity index (χ1n) is 9.79. The molecule has 0 saturated heterocycles. The van der Waals surface area contributed by atoms with Crippen molar-refractivity contribution < 1.29 is 4.79 Å². The molecule has 0 fully saturated rings. The second-order valence-electron chi connectivity index (χ2n) is 8.27. The van der Waals surface area contributed by atoms with Gasteiger partial charge in [-0.25, -0.2) is 4.98 Å². The zero-order valence-electron chi connectivity index (χ0n) is 17.2. The van der Waals surface area contributed by atoms with Crippen LogP contribution in [-0.2, 0) is 12.1 Å². The number of fused-ring (bicyclic) bond motifs is 1. The summed E-state index contributed by atoms with van der Waals surface area (Å²) in [5.74, 6) is 0.572. The fourth-order valence-corrected chi connectivity index (χ4v) is 3.28. The number of hydrogen-bond acceptors (Lipinski definition) is 3. The maximum Gasteiger partial charge on any atom is 0.253 e. The number of carbonyl (C=O) groups is 1. The number of benzene rings is 2. The number of amides is 1. The van der Waals surface area contributed by atoms with Crippen LogP contribution in [0.25, 0.3) is 22.2 Å². The van der Waals surface area contributed by atoms with Crippen LogP contribution in [0.4, 0.5) is 0 Å². The Hall–Kier alpha value is -3.85. The van der Waals surface area contributed by atoms with Gasteiger partial charge in [0.1, 0.15) is 5.82 Å². The van der Waals surface area contributed by atoms with Crippen molar-refractivity contribution in [2.75, 3.05) is 0 Å². The van der Waals surface area contributed by atoms with Crippen molar-refractivity contribution in [3.63, 3.8) is 0 Å². The van der Waals surface area contributed by atoms with E-state index in [1.807, 2.05) is 53.4 Å². The highest BCUT2D eigenvalue weighted by molar-refractivity contribution is 5.94. The van der Waals surface area contributed by atoms with Gasteiger partial charge in [0.25, 0.3) is 5.91 Å². The second kappa shape index (κ2) is 7.53. The molecule has 2 aromatic carbocycles. The largest absolute Gasteiger partial charge is 0.348 e. The summed E-state index contributed by atoms with van der Waals surface area (Å²) in [4.78, 5) is 20.3. The number of nitrogens with zero attached hydrogens (tertiary/aromatic N) is 3. The van der Waals surface area contributed by atoms with E-state index in [4.69, 9.17) is 5.26 Å². The normalized spacial score (nSPS) is 11.4. The highest BCUT2D eigenvalue weighted by atomic mass is 16.1. The molecule has 150 valence electrons. The van der Waals surface area contributed by atoms with Crippen LogP contribution in [0.2, 0.25) is 0 Å². The number of nitriles is 1. The molecule has 2 heterocycles. The van der Waals surface area contributed by atoms with Gasteiger partial charge >= 0.3 is 0 Å². The van der Waals surface area contributed by atoms with Crippen LogP contribution in [0.3, 0.4) is 0 Å². The van der Waals surface area contributed by atoms with E-state index < -0.39 is 0 Å². The first-order valence-corrected chi connectivity index (χ1v) is 9.79. The van der Waals surface area contributed by atoms with Crippen LogP contribution < -0.4 is 5.32 Å². The summed E-state index contributed by atoms with van der Waals surface area (Å²) in [6.07, 6.45) is 3.78. The highest BCUT2D eigenvalue weighted by Crippen LogP contribution is 2.24. The molecule has 4 rings (SSSR count). The third-order valence-corrected chi connectivity index (χ3v) is 5.02. The average molecular weight is 397 g/mol. The molecule has 0 atom stereocenters. The third-order valence-electron chi connectivity index (χ3n) is 5.02. The van der Waals surface area contributed by atoms with E-state index in [-0.39, 0.29) is 11.4 Å². The molecule has 0 saturated carbocycles. The van der Waals surface area contributed by atoms with E-state index >= 15 is 0 Å². The first-order chi connectivity index (χ1) is 14.3. The van der Waals surface area contributed by atoms with Crippen molar-refractivity contribution in [1.29, 1.82) is 5.26 Å². The third kappa shape index (κ3) is 3.96. The summed E-state index contributed by atoms with van der Waals surface area (Å²) in [5, 5.41) is 11.9. The van der Waals surface area contributed by atoms with E-state index in [2.05, 4.69) is 42.1 Å². The zero-order chi connectivity index (χ0) is 21.3. The quantitative estimate of drug-likeness (QED) is 0.528. The number of H-pyrrole nitrogens is 1. The Morgan fingerprint density at radius 2 is 1.87 bits per heavy atom. The molecule has 0 aliphatic rings. The van der Waals surface area contributed by atoms with E-state index in [9.17, 15) is 4.79 Å². The maximum atomic E-state index is 12.5. The molecule has 0 spiro atoms. The molecule has 0 unspecified atom stereocenters. The molecule has 0 aliphatic carbocycles. The van der Waals surface area contributed by atoms with Gasteiger partial charge in [-0.15, -0.1) is 0 Å². The van der Waals surface area contributed by atoms with Crippen LogP contribution in [-0.4, -0.2) is 20.4 Å². The predicted molar refractivity (Wildman–Crippen MR) is 117 cm³/mol. The van der Waals surface area contributed by atoms with Crippen molar-refractivity contribution in [2.45, 2.75) is 32.9 Å². The van der Waals surface area contributed by atoms with Gasteiger partial charge in [0.2, 0.25) is 0 Å². The van der Waals surface area contributed by atoms with E-state index in [1.165, 1.54) is 0 Å². The van der Waals surface area contributed by atoms with Gasteiger partial charge in [0.05, 0.1) is 34.8 Å². The number of hydrogen-bond donors (Lipinski definition) is 2. The van der Waals surface area contributed by atoms with Crippen LogP contribution in [0.1, 0.15) is 42.5 Å². The summed E-state index contributed by atoms with van der Waals surface area (Å²) < 4.78 is 2.02. The van der Waals surface area contributed by atoms with Gasteiger partial charge in [0.15, 0.2) is 0 Å². The average Bonchev–Trinajstić information content (AvgIpc) is 3.38. The minimum atomic E-state index is -0.128. The number of imidazole rings is 1. The first kappa shape index (κ1) is 19.5. The van der Waals surface area contributed by atoms with Gasteiger partial charge in [0, 0.05) is 17.9 Å². The summed E-state index contributed by atoms with van der Waals surface area (Å²) in [6, 6.07) is 17.4. The topological polar surface area (TPSA) is 86.5 Å². The van der Waals surface area contributed by atoms with E-state index in [0.29, 0.717) is 23.5 Å². The molecule has 0 radical (unpaired) electrons. The smallest absolute Gasteiger partial charge is 0.253 e. The fraction of sp³-hybridized carbons (Fsp3) is 0.208. The number of nitrogens with one attached hydrogen (secondary N) is 2. The second-order valence-corrected chi connectivity index (χ2v) is 8.27. The van der Waals surface area contributed by atoms with Crippen molar-refractivity contribution in [2.24, 2.45) is 0 Å². The van der Waals surface area contributed by atoms with Gasteiger partial charge in [-0.05, 0) is 62.2 Å². The van der Waals surface area contributed by atoms with Crippen molar-refractivity contribution in [3.8, 4) is 17.2 Å². The fourth-order valence-electron chi connectivity index (χ4n) is 3.28. The minimum Gasteiger partial charge on any atom is -0.348 e. The monoisotopic (exact) mass is 397 g/mol. The number of carbonyl (C=O) groups excluding carboxylic acids is 1. The molecular formula is C24H23N5O. The molecule has 2 aromatic heterocycles. The molecule has 30 heavy (non-hydrogen) atoms. The van der Waals surface area contributed by atoms with Gasteiger partial charge < -0.3 is 14.9 Å². The molecule has 2 N–H and O–H groups in total. The molecule has 0 bridgehead atoms. The SMILES string of the molecule is CC(C)(C)n1ccc(C(=O)NCc2nc3ccc(-c4ccc(C#N)cc4)cc3[nH]2)c1. The Labute approximate surface area is 175 Å². The van der Waals surface area contributed by atoms with Crippen LogP contribution in [0.5, 0.6) is 0 Å². The summed E-state index contributed by atoms with van der Waals surface area (Å²) >= 11 is 0. The molecule has 1 amide bonds. The van der Waals surface area contributed by atoms with Crippen molar-refractivity contribution in [1.82, 2.24) is 19.9 Å². The lowest BCUT2D eigenvalue weighted by Crippen LogP contribution is -2.24. The van der Waals surface area contributed by atoms with Crippen LogP contribution in [0.15, 0.2) is 60.9 Å². The molecule has 4 aromatic rings. The Morgan fingerprint density at radius 1 is 1.13 bits per heavy atom. The Morgan fingerprint density at radius 3 is 2.53 bits per heavy atom. The van der Waals surface area contributed by atoms with Crippen molar-refractivity contribution in [3.05, 3.63) is 77.9 Å². The Bertz CT molecular complexity index is 1250. The van der Waals surface area contributed by atoms with Crippen molar-refractivity contribution >= 4 is 16.9 Å². The Balaban J connectivity index is 1.48. The maximum absolute atomic E-state index is 12.5. The standard InChI is InChI=1S/C24H23N5O/c1-24(2,3)29-11-10-19(15-29)23(30)26-14-22-27-20-9-8-18(12-21(20)28-22)17-6-4-16(13-25)5-7-17/h4-12,15H,14H2,1-3H3,(H,26,30)(H,27,28). The lowest BCUT2D eigenvalue weighted by Gasteiger charge is -2.20. The predicted octanol–water partition coefficient (Wildman–Crippen LogP) is 4.59. The summed E-state index contributed by atoms with van der Waals surface area (Å²) in [6.45, 7) is 6.60. The van der Waals surface area contributed by atoms with Gasteiger partial charge in [-0.3, -0.25) is 4.79 Å². The van der Waals surface area contributed by atoms with Crippen LogP contribution in [0, 0.1) is 11.3 Å². The lowest BCUT2D eigenvalue weighted by molar-refractivity contribution is 0.0950. The number of aromatic nitrogens is 3. The highest BCUT2D eigenvalue weighted by Gasteiger charge is 2.15. The molecule has 0 aliphatic heterocycles. The minimum absolute atomic E-state index is 0.0656. The Kier molecular flexibility index (Phi) is 4.88. The molecular weight excluding hydrogens is 374 g/mol. The number of rotatable bonds is 4. The van der Waals surface area contributed by atoms with Gasteiger partial charge in [-0.1, -0.05) is 18.2 Å². The lowest BCUT2D eigenvalue weighted by atomic mass is 10.0. The van der Waals surface area contributed by atoms with E-state index in [1.54, 1.807) is 12.1 Å².